The molecule has 15 heavy (non-hydrogen) atoms. The van der Waals surface area contributed by atoms with Gasteiger partial charge in [-0.05, 0) is 49.9 Å². The Labute approximate surface area is 99.0 Å². The number of rotatable bonds is 2. The Morgan fingerprint density at radius 1 is 1.27 bits per heavy atom. The number of aryl methyl sites for hydroxylation is 2. The topological polar surface area (TPSA) is 17.1 Å². The van der Waals surface area contributed by atoms with E-state index in [4.69, 9.17) is 0 Å². The van der Waals surface area contributed by atoms with Crippen molar-refractivity contribution in [2.45, 2.75) is 33.1 Å². The number of carbonyl (C=O) groups is 1. The molecule has 0 aromatic heterocycles. The number of hydrogen-bond donors (Lipinski definition) is 0. The summed E-state index contributed by atoms with van der Waals surface area (Å²) >= 11 is 3.52. The molecule has 0 N–H and O–H groups in total. The maximum absolute atomic E-state index is 12.0. The lowest BCUT2D eigenvalue weighted by Gasteiger charge is -2.24. The number of Topliss-reactive ketones (excluding diaryl/α,β-unsaturated/α-hetero) is 1. The third-order valence-corrected chi connectivity index (χ3v) is 4.45. The van der Waals surface area contributed by atoms with Crippen LogP contribution in [0.25, 0.3) is 0 Å². The van der Waals surface area contributed by atoms with Gasteiger partial charge in [0.1, 0.15) is 0 Å². The molecule has 1 aromatic carbocycles. The predicted octanol–water partition coefficient (Wildman–Crippen LogP) is 4.05. The molecule has 1 aliphatic carbocycles. The molecule has 2 rings (SSSR count). The molecule has 0 atom stereocenters. The summed E-state index contributed by atoms with van der Waals surface area (Å²) in [5.74, 6) is 0.630. The highest BCUT2D eigenvalue weighted by molar-refractivity contribution is 9.10. The van der Waals surface area contributed by atoms with Crippen molar-refractivity contribution in [2.75, 3.05) is 0 Å². The molecule has 1 aliphatic rings. The van der Waals surface area contributed by atoms with Crippen LogP contribution in [0.1, 0.15) is 40.7 Å². The number of benzene rings is 1. The number of carbonyl (C=O) groups excluding carboxylic acids is 1. The molecule has 0 heterocycles. The molecule has 0 radical (unpaired) electrons. The van der Waals surface area contributed by atoms with Crippen molar-refractivity contribution in [2.24, 2.45) is 5.92 Å². The Bertz CT molecular complexity index is 382. The van der Waals surface area contributed by atoms with E-state index in [0.29, 0.717) is 11.7 Å². The molecule has 0 saturated heterocycles. The molecule has 1 nitrogen and oxygen atoms in total. The lowest BCUT2D eigenvalue weighted by molar-refractivity contribution is 0.0855. The second kappa shape index (κ2) is 4.09. The smallest absolute Gasteiger partial charge is 0.165 e. The first kappa shape index (κ1) is 10.9. The summed E-state index contributed by atoms with van der Waals surface area (Å²) in [6, 6.07) is 4.00. The van der Waals surface area contributed by atoms with Crippen LogP contribution in [-0.4, -0.2) is 5.78 Å². The third kappa shape index (κ3) is 2.00. The van der Waals surface area contributed by atoms with Gasteiger partial charge in [-0.25, -0.2) is 0 Å². The van der Waals surface area contributed by atoms with E-state index in [2.05, 4.69) is 15.9 Å². The van der Waals surface area contributed by atoms with Crippen molar-refractivity contribution in [1.29, 1.82) is 0 Å². The van der Waals surface area contributed by atoms with Gasteiger partial charge in [0.15, 0.2) is 5.78 Å². The molecule has 2 heteroatoms. The van der Waals surface area contributed by atoms with Gasteiger partial charge in [-0.2, -0.15) is 0 Å². The van der Waals surface area contributed by atoms with E-state index >= 15 is 0 Å². The van der Waals surface area contributed by atoms with E-state index in [-0.39, 0.29) is 0 Å². The molecular formula is C13H15BrO. The fourth-order valence-electron chi connectivity index (χ4n) is 1.99. The highest BCUT2D eigenvalue weighted by Crippen LogP contribution is 2.31. The van der Waals surface area contributed by atoms with Gasteiger partial charge in [0.25, 0.3) is 0 Å². The SMILES string of the molecule is Cc1cc(C(=O)C2CCC2)cc(C)c1Br. The Morgan fingerprint density at radius 3 is 2.20 bits per heavy atom. The summed E-state index contributed by atoms with van der Waals surface area (Å²) in [6.07, 6.45) is 3.37. The zero-order valence-electron chi connectivity index (χ0n) is 9.14. The largest absolute Gasteiger partial charge is 0.294 e. The van der Waals surface area contributed by atoms with E-state index in [9.17, 15) is 4.79 Å². The first-order valence-corrected chi connectivity index (χ1v) is 6.20. The van der Waals surface area contributed by atoms with Crippen LogP contribution in [0.4, 0.5) is 0 Å². The van der Waals surface area contributed by atoms with Crippen molar-refractivity contribution < 1.29 is 4.79 Å². The fraction of sp³-hybridized carbons (Fsp3) is 0.462. The van der Waals surface area contributed by atoms with Crippen LogP contribution in [0.2, 0.25) is 0 Å². The van der Waals surface area contributed by atoms with Crippen LogP contribution in [-0.2, 0) is 0 Å². The van der Waals surface area contributed by atoms with Crippen LogP contribution in [0.15, 0.2) is 16.6 Å². The summed E-state index contributed by atoms with van der Waals surface area (Å²) in [5.41, 5.74) is 3.19. The van der Waals surface area contributed by atoms with Crippen LogP contribution in [0, 0.1) is 19.8 Å². The molecule has 0 bridgehead atoms. The first-order chi connectivity index (χ1) is 7.09. The monoisotopic (exact) mass is 266 g/mol. The molecule has 0 spiro atoms. The average Bonchev–Trinajstić information content (AvgIpc) is 2.10. The van der Waals surface area contributed by atoms with Gasteiger partial charge >= 0.3 is 0 Å². The van der Waals surface area contributed by atoms with Gasteiger partial charge in [-0.15, -0.1) is 0 Å². The van der Waals surface area contributed by atoms with Crippen LogP contribution in [0.3, 0.4) is 0 Å². The summed E-state index contributed by atoms with van der Waals surface area (Å²) in [5, 5.41) is 0. The molecule has 0 unspecified atom stereocenters. The first-order valence-electron chi connectivity index (χ1n) is 5.40. The van der Waals surface area contributed by atoms with Crippen LogP contribution >= 0.6 is 15.9 Å². The number of hydrogen-bond acceptors (Lipinski definition) is 1. The lowest BCUT2D eigenvalue weighted by atomic mass is 9.79. The summed E-state index contributed by atoms with van der Waals surface area (Å²) in [7, 11) is 0. The summed E-state index contributed by atoms with van der Waals surface area (Å²) < 4.78 is 1.12. The Morgan fingerprint density at radius 2 is 1.80 bits per heavy atom. The van der Waals surface area contributed by atoms with Gasteiger partial charge in [0.2, 0.25) is 0 Å². The van der Waals surface area contributed by atoms with E-state index in [1.165, 1.54) is 6.42 Å². The molecule has 1 fully saturated rings. The minimum absolute atomic E-state index is 0.296. The van der Waals surface area contributed by atoms with E-state index < -0.39 is 0 Å². The molecular weight excluding hydrogens is 252 g/mol. The van der Waals surface area contributed by atoms with Crippen LogP contribution in [0.5, 0.6) is 0 Å². The third-order valence-electron chi connectivity index (χ3n) is 3.20. The van der Waals surface area contributed by atoms with Gasteiger partial charge in [-0.3, -0.25) is 4.79 Å². The number of ketones is 1. The minimum atomic E-state index is 0.296. The minimum Gasteiger partial charge on any atom is -0.294 e. The van der Waals surface area contributed by atoms with Crippen molar-refractivity contribution in [3.8, 4) is 0 Å². The van der Waals surface area contributed by atoms with Gasteiger partial charge in [-0.1, -0.05) is 22.4 Å². The normalized spacial score (nSPS) is 16.2. The maximum atomic E-state index is 12.0. The Hall–Kier alpha value is -0.630. The Kier molecular flexibility index (Phi) is 2.96. The molecule has 0 amide bonds. The fourth-order valence-corrected chi connectivity index (χ4v) is 2.22. The van der Waals surface area contributed by atoms with Gasteiger partial charge in [0, 0.05) is 16.0 Å². The van der Waals surface area contributed by atoms with E-state index in [0.717, 1.165) is 34.0 Å². The highest BCUT2D eigenvalue weighted by Gasteiger charge is 2.26. The lowest BCUT2D eigenvalue weighted by Crippen LogP contribution is -2.22. The second-order valence-electron chi connectivity index (χ2n) is 4.42. The summed E-state index contributed by atoms with van der Waals surface area (Å²) in [4.78, 5) is 12.0. The second-order valence-corrected chi connectivity index (χ2v) is 5.21. The van der Waals surface area contributed by atoms with Crippen molar-refractivity contribution in [3.05, 3.63) is 33.3 Å². The van der Waals surface area contributed by atoms with E-state index in [1.807, 2.05) is 26.0 Å². The maximum Gasteiger partial charge on any atom is 0.165 e. The standard InChI is InChI=1S/C13H15BrO/c1-8-6-11(7-9(2)12(8)14)13(15)10-4-3-5-10/h6-7,10H,3-5H2,1-2H3. The van der Waals surface area contributed by atoms with Crippen molar-refractivity contribution in [1.82, 2.24) is 0 Å². The molecule has 0 aliphatic heterocycles. The van der Waals surface area contributed by atoms with E-state index in [1.54, 1.807) is 0 Å². The van der Waals surface area contributed by atoms with Crippen LogP contribution < -0.4 is 0 Å². The number of halogens is 1. The zero-order valence-corrected chi connectivity index (χ0v) is 10.7. The quantitative estimate of drug-likeness (QED) is 0.739. The zero-order chi connectivity index (χ0) is 11.0. The molecule has 80 valence electrons. The van der Waals surface area contributed by atoms with Crippen molar-refractivity contribution >= 4 is 21.7 Å². The molecule has 1 aromatic rings. The Balaban J connectivity index is 2.32. The van der Waals surface area contributed by atoms with Gasteiger partial charge < -0.3 is 0 Å². The predicted molar refractivity (Wildman–Crippen MR) is 65.3 cm³/mol. The highest BCUT2D eigenvalue weighted by atomic mass is 79.9. The molecule has 1 saturated carbocycles. The van der Waals surface area contributed by atoms with Gasteiger partial charge in [0.05, 0.1) is 0 Å². The van der Waals surface area contributed by atoms with Crippen molar-refractivity contribution in [3.63, 3.8) is 0 Å². The average molecular weight is 267 g/mol. The summed E-state index contributed by atoms with van der Waals surface area (Å²) in [6.45, 7) is 4.07.